The lowest BCUT2D eigenvalue weighted by Crippen LogP contribution is -2.39. The van der Waals surface area contributed by atoms with Crippen LogP contribution >= 0.6 is 0 Å². The van der Waals surface area contributed by atoms with Crippen molar-refractivity contribution in [2.45, 2.75) is 25.9 Å². The minimum Gasteiger partial charge on any atom is -0.446 e. The van der Waals surface area contributed by atoms with E-state index >= 15 is 0 Å². The molecule has 1 saturated heterocycles. The summed E-state index contributed by atoms with van der Waals surface area (Å²) in [5.74, 6) is 0.700. The molecule has 1 fully saturated rings. The average Bonchev–Trinajstić information content (AvgIpc) is 2.38. The number of nitro groups is 1. The highest BCUT2D eigenvalue weighted by atomic mass is 16.6. The summed E-state index contributed by atoms with van der Waals surface area (Å²) in [6, 6.07) is 1.70. The number of hydrogen-bond acceptors (Lipinski definition) is 6. The molecule has 1 aliphatic rings. The Morgan fingerprint density at radius 1 is 1.55 bits per heavy atom. The molecule has 8 heteroatoms. The molecule has 0 atom stereocenters. The summed E-state index contributed by atoms with van der Waals surface area (Å²) in [6.45, 7) is 3.02. The predicted octanol–water partition coefficient (Wildman–Crippen LogP) is 1.36. The molecule has 1 aromatic heterocycles. The molecule has 0 radical (unpaired) electrons. The molecule has 1 amide bonds. The van der Waals surface area contributed by atoms with Gasteiger partial charge >= 0.3 is 6.09 Å². The van der Waals surface area contributed by atoms with Crippen molar-refractivity contribution in [3.63, 3.8) is 0 Å². The summed E-state index contributed by atoms with van der Waals surface area (Å²) in [4.78, 5) is 27.1. The van der Waals surface area contributed by atoms with E-state index in [-0.39, 0.29) is 11.8 Å². The zero-order chi connectivity index (χ0) is 14.7. The number of aromatic nitrogens is 1. The van der Waals surface area contributed by atoms with Crippen molar-refractivity contribution >= 4 is 17.6 Å². The summed E-state index contributed by atoms with van der Waals surface area (Å²) >= 11 is 0. The standard InChI is InChI=1S/C12H16N4O4/c1-8-6-11(14-7-10(8)16(18)19)15-4-2-9(3-5-15)20-12(13)17/h6-7,9H,2-5H2,1H3,(H2,13,17). The van der Waals surface area contributed by atoms with Gasteiger partial charge in [-0.2, -0.15) is 0 Å². The molecule has 8 nitrogen and oxygen atoms in total. The highest BCUT2D eigenvalue weighted by Crippen LogP contribution is 2.24. The second kappa shape index (κ2) is 5.72. The fraction of sp³-hybridized carbons (Fsp3) is 0.500. The largest absolute Gasteiger partial charge is 0.446 e. The molecule has 2 N–H and O–H groups in total. The van der Waals surface area contributed by atoms with Gasteiger partial charge in [-0.1, -0.05) is 0 Å². The molecule has 0 bridgehead atoms. The quantitative estimate of drug-likeness (QED) is 0.661. The number of anilines is 1. The number of rotatable bonds is 3. The Kier molecular flexibility index (Phi) is 4.02. The van der Waals surface area contributed by atoms with Gasteiger partial charge < -0.3 is 15.4 Å². The van der Waals surface area contributed by atoms with Gasteiger partial charge in [0.1, 0.15) is 18.1 Å². The van der Waals surface area contributed by atoms with Gasteiger partial charge in [0.25, 0.3) is 5.69 Å². The Balaban J connectivity index is 2.02. The third-order valence-corrected chi connectivity index (χ3v) is 3.31. The molecule has 108 valence electrons. The Morgan fingerprint density at radius 3 is 2.70 bits per heavy atom. The van der Waals surface area contributed by atoms with Crippen LogP contribution in [0.4, 0.5) is 16.3 Å². The van der Waals surface area contributed by atoms with Crippen molar-refractivity contribution in [2.24, 2.45) is 5.73 Å². The van der Waals surface area contributed by atoms with Gasteiger partial charge in [0, 0.05) is 31.5 Å². The first-order valence-electron chi connectivity index (χ1n) is 6.29. The monoisotopic (exact) mass is 280 g/mol. The van der Waals surface area contributed by atoms with E-state index in [1.54, 1.807) is 13.0 Å². The lowest BCUT2D eigenvalue weighted by atomic mass is 10.1. The summed E-state index contributed by atoms with van der Waals surface area (Å²) in [7, 11) is 0. The van der Waals surface area contributed by atoms with E-state index in [1.807, 2.05) is 4.90 Å². The normalized spacial score (nSPS) is 15.9. The molecule has 1 aromatic rings. The van der Waals surface area contributed by atoms with E-state index in [1.165, 1.54) is 6.20 Å². The average molecular weight is 280 g/mol. The molecule has 0 aliphatic carbocycles. The third kappa shape index (κ3) is 3.14. The maximum absolute atomic E-state index is 10.7. The van der Waals surface area contributed by atoms with Crippen LogP contribution in [0.5, 0.6) is 0 Å². The van der Waals surface area contributed by atoms with Crippen LogP contribution in [0, 0.1) is 17.0 Å². The zero-order valence-electron chi connectivity index (χ0n) is 11.1. The number of piperidine rings is 1. The van der Waals surface area contributed by atoms with Crippen LogP contribution in [0.15, 0.2) is 12.3 Å². The second-order valence-electron chi connectivity index (χ2n) is 4.71. The number of carbonyl (C=O) groups excluding carboxylic acids is 1. The summed E-state index contributed by atoms with van der Waals surface area (Å²) in [5, 5.41) is 10.7. The lowest BCUT2D eigenvalue weighted by molar-refractivity contribution is -0.385. The van der Waals surface area contributed by atoms with E-state index < -0.39 is 11.0 Å². The zero-order valence-corrected chi connectivity index (χ0v) is 11.1. The minimum atomic E-state index is -0.757. The Morgan fingerprint density at radius 2 is 2.20 bits per heavy atom. The first-order valence-corrected chi connectivity index (χ1v) is 6.29. The summed E-state index contributed by atoms with van der Waals surface area (Å²) in [6.07, 6.45) is 1.69. The minimum absolute atomic E-state index is 0.0145. The van der Waals surface area contributed by atoms with E-state index in [0.29, 0.717) is 37.3 Å². The Hall–Kier alpha value is -2.38. The third-order valence-electron chi connectivity index (χ3n) is 3.31. The fourth-order valence-electron chi connectivity index (χ4n) is 2.27. The summed E-state index contributed by atoms with van der Waals surface area (Å²) < 4.78 is 4.95. The van der Waals surface area contributed by atoms with Crippen LogP contribution in [0.25, 0.3) is 0 Å². The van der Waals surface area contributed by atoms with Crippen LogP contribution in [0.2, 0.25) is 0 Å². The van der Waals surface area contributed by atoms with Crippen LogP contribution in [0.1, 0.15) is 18.4 Å². The fourth-order valence-corrected chi connectivity index (χ4v) is 2.27. The van der Waals surface area contributed by atoms with Crippen molar-refractivity contribution in [1.82, 2.24) is 4.98 Å². The molecule has 1 aliphatic heterocycles. The first-order chi connectivity index (χ1) is 9.47. The molecule has 0 aromatic carbocycles. The molecule has 0 spiro atoms. The number of ether oxygens (including phenoxy) is 1. The number of nitrogens with zero attached hydrogens (tertiary/aromatic N) is 3. The molecule has 2 rings (SSSR count). The van der Waals surface area contributed by atoms with Gasteiger partial charge in [-0.25, -0.2) is 9.78 Å². The number of hydrogen-bond donors (Lipinski definition) is 1. The van der Waals surface area contributed by atoms with Crippen LogP contribution in [-0.2, 0) is 4.74 Å². The van der Waals surface area contributed by atoms with E-state index in [9.17, 15) is 14.9 Å². The van der Waals surface area contributed by atoms with Crippen molar-refractivity contribution in [1.29, 1.82) is 0 Å². The van der Waals surface area contributed by atoms with Crippen LogP contribution in [-0.4, -0.2) is 35.2 Å². The summed E-state index contributed by atoms with van der Waals surface area (Å²) in [5.41, 5.74) is 5.58. The van der Waals surface area contributed by atoms with Gasteiger partial charge in [-0.05, 0) is 13.0 Å². The number of carbonyl (C=O) groups is 1. The second-order valence-corrected chi connectivity index (χ2v) is 4.71. The number of nitrogens with two attached hydrogens (primary N) is 1. The number of amides is 1. The van der Waals surface area contributed by atoms with E-state index in [2.05, 4.69) is 4.98 Å². The Labute approximate surface area is 115 Å². The first kappa shape index (κ1) is 14.0. The lowest BCUT2D eigenvalue weighted by Gasteiger charge is -2.32. The molecular weight excluding hydrogens is 264 g/mol. The number of primary amides is 1. The van der Waals surface area contributed by atoms with Gasteiger partial charge in [0.2, 0.25) is 0 Å². The topological polar surface area (TPSA) is 112 Å². The molecular formula is C12H16N4O4. The van der Waals surface area contributed by atoms with Gasteiger partial charge in [0.15, 0.2) is 0 Å². The molecule has 2 heterocycles. The highest BCUT2D eigenvalue weighted by Gasteiger charge is 2.23. The van der Waals surface area contributed by atoms with Crippen molar-refractivity contribution in [3.05, 3.63) is 27.9 Å². The van der Waals surface area contributed by atoms with Crippen molar-refractivity contribution in [3.8, 4) is 0 Å². The maximum Gasteiger partial charge on any atom is 0.404 e. The maximum atomic E-state index is 10.7. The SMILES string of the molecule is Cc1cc(N2CCC(OC(N)=O)CC2)ncc1[N+](=O)[O-]. The van der Waals surface area contributed by atoms with Gasteiger partial charge in [-0.15, -0.1) is 0 Å². The highest BCUT2D eigenvalue weighted by molar-refractivity contribution is 5.64. The van der Waals surface area contributed by atoms with Crippen LogP contribution < -0.4 is 10.6 Å². The van der Waals surface area contributed by atoms with Gasteiger partial charge in [-0.3, -0.25) is 10.1 Å². The van der Waals surface area contributed by atoms with Crippen molar-refractivity contribution in [2.75, 3.05) is 18.0 Å². The van der Waals surface area contributed by atoms with Gasteiger partial charge in [0.05, 0.1) is 4.92 Å². The Bertz CT molecular complexity index is 526. The van der Waals surface area contributed by atoms with E-state index in [0.717, 1.165) is 0 Å². The van der Waals surface area contributed by atoms with Crippen molar-refractivity contribution < 1.29 is 14.5 Å². The molecule has 20 heavy (non-hydrogen) atoms. The molecule has 0 saturated carbocycles. The number of aryl methyl sites for hydroxylation is 1. The van der Waals surface area contributed by atoms with Crippen LogP contribution in [0.3, 0.4) is 0 Å². The van der Waals surface area contributed by atoms with E-state index in [4.69, 9.17) is 10.5 Å². The molecule has 0 unspecified atom stereocenters. The predicted molar refractivity (Wildman–Crippen MR) is 71.5 cm³/mol. The smallest absolute Gasteiger partial charge is 0.404 e. The number of pyridine rings is 1.